The van der Waals surface area contributed by atoms with Gasteiger partial charge in [-0.2, -0.15) is 0 Å². The van der Waals surface area contributed by atoms with Crippen molar-refractivity contribution in [3.63, 3.8) is 0 Å². The highest BCUT2D eigenvalue weighted by Crippen LogP contribution is 2.33. The third-order valence-electron chi connectivity index (χ3n) is 14.8. The minimum absolute atomic E-state index is 0.211. The molecule has 85 heavy (non-hydrogen) atoms. The fourth-order valence-corrected chi connectivity index (χ4v) is 9.65. The summed E-state index contributed by atoms with van der Waals surface area (Å²) in [6.07, 6.45) is 36.6. The predicted octanol–water partition coefficient (Wildman–Crippen LogP) is 6.48. The van der Waals surface area contributed by atoms with Crippen molar-refractivity contribution in [3.8, 4) is 0 Å². The first-order valence-electron chi connectivity index (χ1n) is 31.3. The fourth-order valence-electron chi connectivity index (χ4n) is 9.65. The van der Waals surface area contributed by atoms with Gasteiger partial charge in [0.2, 0.25) is 5.91 Å². The highest BCUT2D eigenvalue weighted by atomic mass is 16.8. The molecule has 3 aliphatic rings. The molecule has 19 nitrogen and oxygen atoms in total. The van der Waals surface area contributed by atoms with Crippen molar-refractivity contribution in [2.24, 2.45) is 0 Å². The van der Waals surface area contributed by atoms with E-state index in [-0.39, 0.29) is 18.9 Å². The van der Waals surface area contributed by atoms with Crippen LogP contribution in [0.3, 0.4) is 0 Å². The number of ether oxygens (including phenoxy) is 6. The Balaban J connectivity index is 1.37. The summed E-state index contributed by atoms with van der Waals surface area (Å²) in [6, 6.07) is -0.990. The number of unbranched alkanes of at least 4 members (excludes halogenated alkanes) is 10. The second-order valence-electron chi connectivity index (χ2n) is 21.8. The molecule has 0 saturated carbocycles. The Morgan fingerprint density at radius 3 is 1.27 bits per heavy atom. The van der Waals surface area contributed by atoms with Gasteiger partial charge >= 0.3 is 0 Å². The molecule has 0 aromatic heterocycles. The zero-order valence-corrected chi connectivity index (χ0v) is 50.5. The molecule has 484 valence electrons. The van der Waals surface area contributed by atoms with Crippen LogP contribution in [-0.2, 0) is 33.2 Å². The van der Waals surface area contributed by atoms with Crippen LogP contribution in [-0.4, -0.2) is 193 Å². The van der Waals surface area contributed by atoms with Gasteiger partial charge in [-0.15, -0.1) is 0 Å². The van der Waals surface area contributed by atoms with Gasteiger partial charge in [-0.1, -0.05) is 180 Å². The molecule has 12 N–H and O–H groups in total. The van der Waals surface area contributed by atoms with Crippen molar-refractivity contribution < 1.29 is 89.4 Å². The van der Waals surface area contributed by atoms with Gasteiger partial charge in [-0.3, -0.25) is 4.79 Å². The van der Waals surface area contributed by atoms with Crippen LogP contribution in [0.4, 0.5) is 0 Å². The minimum Gasteiger partial charge on any atom is -0.394 e. The number of aliphatic hydroxyl groups is 11. The van der Waals surface area contributed by atoms with Crippen molar-refractivity contribution in [2.45, 2.75) is 259 Å². The molecule has 19 heteroatoms. The summed E-state index contributed by atoms with van der Waals surface area (Å²) in [6.45, 7) is 1.48. The topological polar surface area (TPSA) is 307 Å². The molecule has 3 saturated heterocycles. The zero-order valence-electron chi connectivity index (χ0n) is 50.5. The van der Waals surface area contributed by atoms with E-state index in [1.165, 1.54) is 0 Å². The molecular formula is C66H107NO18. The molecule has 3 aliphatic heterocycles. The number of carbonyl (C=O) groups excluding carboxylic acids is 1. The Labute approximate surface area is 506 Å². The number of aliphatic hydroxyl groups excluding tert-OH is 11. The Morgan fingerprint density at radius 1 is 0.435 bits per heavy atom. The molecular weight excluding hydrogens is 1090 g/mol. The molecule has 0 aromatic rings. The number of hydrogen-bond acceptors (Lipinski definition) is 18. The Morgan fingerprint density at radius 2 is 0.812 bits per heavy atom. The molecule has 3 rings (SSSR count). The van der Waals surface area contributed by atoms with Crippen molar-refractivity contribution >= 4 is 5.91 Å². The normalized spacial score (nSPS) is 29.8. The lowest BCUT2D eigenvalue weighted by atomic mass is 9.96. The SMILES string of the molecule is CC/C=C\C/C=C\C/C=C\C/C=C\C/C=C\C/C=C\C/C=C\C/C=C\C/C=C\CCCCCCCC(=O)NC(COC1OC(CO)C(OC2OC(CO)C(OC3OC(CO)C(O)C(O)C3O)C(O)C2O)C(O)C1O)C(O)/C=C/CCCCCCC. The monoisotopic (exact) mass is 1200 g/mol. The number of nitrogens with one attached hydrogen (secondary N) is 1. The minimum atomic E-state index is -1.98. The van der Waals surface area contributed by atoms with Gasteiger partial charge in [-0.05, 0) is 89.9 Å². The largest absolute Gasteiger partial charge is 0.394 e. The van der Waals surface area contributed by atoms with Gasteiger partial charge in [0.15, 0.2) is 18.9 Å². The lowest BCUT2D eigenvalue weighted by Gasteiger charge is -2.48. The Hall–Kier alpha value is -3.81. The summed E-state index contributed by atoms with van der Waals surface area (Å²) in [5.41, 5.74) is 0. The third kappa shape index (κ3) is 30.3. The van der Waals surface area contributed by atoms with E-state index in [2.05, 4.69) is 129 Å². The molecule has 3 heterocycles. The van der Waals surface area contributed by atoms with Crippen LogP contribution >= 0.6 is 0 Å². The number of carbonyl (C=O) groups is 1. The first-order chi connectivity index (χ1) is 41.3. The van der Waals surface area contributed by atoms with Crippen LogP contribution in [0.5, 0.6) is 0 Å². The maximum absolute atomic E-state index is 13.3. The van der Waals surface area contributed by atoms with Gasteiger partial charge in [0.05, 0.1) is 38.6 Å². The average Bonchev–Trinajstić information content (AvgIpc) is 3.70. The lowest BCUT2D eigenvalue weighted by Crippen LogP contribution is -2.66. The van der Waals surface area contributed by atoms with E-state index in [4.69, 9.17) is 28.4 Å². The summed E-state index contributed by atoms with van der Waals surface area (Å²) in [5.74, 6) is -0.306. The maximum Gasteiger partial charge on any atom is 0.220 e. The van der Waals surface area contributed by atoms with Crippen LogP contribution < -0.4 is 5.32 Å². The molecule has 17 atom stereocenters. The summed E-state index contributed by atoms with van der Waals surface area (Å²) in [7, 11) is 0. The Bertz CT molecular complexity index is 2020. The number of amides is 1. The predicted molar refractivity (Wildman–Crippen MR) is 327 cm³/mol. The van der Waals surface area contributed by atoms with Gasteiger partial charge < -0.3 is 89.9 Å². The molecule has 0 spiro atoms. The molecule has 3 fully saturated rings. The average molecular weight is 1200 g/mol. The highest BCUT2D eigenvalue weighted by Gasteiger charge is 2.53. The van der Waals surface area contributed by atoms with Crippen molar-refractivity contribution in [2.75, 3.05) is 26.4 Å². The van der Waals surface area contributed by atoms with Gasteiger partial charge in [0.1, 0.15) is 73.2 Å². The summed E-state index contributed by atoms with van der Waals surface area (Å²) >= 11 is 0. The van der Waals surface area contributed by atoms with E-state index in [1.54, 1.807) is 6.08 Å². The number of rotatable bonds is 44. The van der Waals surface area contributed by atoms with E-state index in [0.29, 0.717) is 6.42 Å². The standard InChI is InChI=1S/C66H107NO18/c1-3-5-7-9-11-12-13-14-15-16-17-18-19-20-21-22-23-24-25-26-27-28-29-30-31-32-33-34-35-36-38-40-42-44-54(72)67-49(50(71)43-41-39-37-10-8-6-4-2)48-80-64-60(78)57(75)62(52(46-69)82-64)85-66-61(79)58(76)63(53(47-70)83-66)84-65-59(77)56(74)55(73)51(45-68)81-65/h5,7,11-12,14-15,17-18,20-21,23-24,26-27,29-30,32-33,41,43,49-53,55-66,68-71,73-79H,3-4,6,8-10,13,16,19,22,25,28,31,34-40,42,44-48H2,1-2H3,(H,67,72)/b7-5-,12-11-,15-14-,18-17-,21-20-,24-23-,27-26-,30-29-,33-32-,43-41+. The second kappa shape index (κ2) is 47.2. The van der Waals surface area contributed by atoms with E-state index in [1.807, 2.05) is 6.08 Å². The molecule has 0 radical (unpaired) electrons. The summed E-state index contributed by atoms with van der Waals surface area (Å²) in [4.78, 5) is 13.3. The van der Waals surface area contributed by atoms with Crippen LogP contribution in [0, 0.1) is 0 Å². The van der Waals surface area contributed by atoms with E-state index in [9.17, 15) is 61.0 Å². The van der Waals surface area contributed by atoms with Crippen LogP contribution in [0.15, 0.2) is 122 Å². The van der Waals surface area contributed by atoms with Gasteiger partial charge in [-0.25, -0.2) is 0 Å². The molecule has 1 amide bonds. The van der Waals surface area contributed by atoms with E-state index < -0.39 is 124 Å². The Kier molecular flexibility index (Phi) is 41.9. The zero-order chi connectivity index (χ0) is 61.9. The van der Waals surface area contributed by atoms with Crippen molar-refractivity contribution in [1.29, 1.82) is 0 Å². The van der Waals surface area contributed by atoms with Gasteiger partial charge in [0, 0.05) is 6.42 Å². The van der Waals surface area contributed by atoms with Crippen LogP contribution in [0.1, 0.15) is 155 Å². The summed E-state index contributed by atoms with van der Waals surface area (Å²) < 4.78 is 34.1. The van der Waals surface area contributed by atoms with Crippen LogP contribution in [0.25, 0.3) is 0 Å². The fraction of sp³-hybridized carbons (Fsp3) is 0.682. The molecule has 17 unspecified atom stereocenters. The smallest absolute Gasteiger partial charge is 0.220 e. The number of allylic oxidation sites excluding steroid dienone is 19. The molecule has 0 aliphatic carbocycles. The summed E-state index contributed by atoms with van der Waals surface area (Å²) in [5, 5.41) is 120. The second-order valence-corrected chi connectivity index (χ2v) is 21.8. The molecule has 0 aromatic carbocycles. The van der Waals surface area contributed by atoms with E-state index >= 15 is 0 Å². The van der Waals surface area contributed by atoms with Crippen LogP contribution in [0.2, 0.25) is 0 Å². The maximum atomic E-state index is 13.3. The molecule has 0 bridgehead atoms. The van der Waals surface area contributed by atoms with Crippen molar-refractivity contribution in [1.82, 2.24) is 5.32 Å². The quantitative estimate of drug-likeness (QED) is 0.0229. The van der Waals surface area contributed by atoms with Gasteiger partial charge in [0.25, 0.3) is 0 Å². The first kappa shape index (κ1) is 75.4. The highest BCUT2D eigenvalue weighted by molar-refractivity contribution is 5.76. The number of hydrogen-bond donors (Lipinski definition) is 12. The first-order valence-corrected chi connectivity index (χ1v) is 31.3. The third-order valence-corrected chi connectivity index (χ3v) is 14.8. The van der Waals surface area contributed by atoms with Crippen molar-refractivity contribution in [3.05, 3.63) is 122 Å². The lowest BCUT2D eigenvalue weighted by molar-refractivity contribution is -0.379. The van der Waals surface area contributed by atoms with E-state index in [0.717, 1.165) is 128 Å².